The molecule has 0 saturated carbocycles. The van der Waals surface area contributed by atoms with E-state index in [0.717, 1.165) is 19.4 Å². The first-order valence-corrected chi connectivity index (χ1v) is 8.29. The Labute approximate surface area is 129 Å². The summed E-state index contributed by atoms with van der Waals surface area (Å²) in [6.07, 6.45) is 4.41. The third kappa shape index (κ3) is 1.93. The van der Waals surface area contributed by atoms with Gasteiger partial charge in [0.25, 0.3) is 0 Å². The van der Waals surface area contributed by atoms with Crippen LogP contribution in [0.5, 0.6) is 0 Å². The van der Waals surface area contributed by atoms with Crippen LogP contribution in [0.25, 0.3) is 0 Å². The molecule has 4 heteroatoms. The summed E-state index contributed by atoms with van der Waals surface area (Å²) < 4.78 is 0. The topological polar surface area (TPSA) is 23.5 Å². The van der Waals surface area contributed by atoms with Crippen LogP contribution in [-0.2, 0) is 0 Å². The van der Waals surface area contributed by atoms with Crippen molar-refractivity contribution >= 4 is 23.2 Å². The summed E-state index contributed by atoms with van der Waals surface area (Å²) in [6, 6.07) is 7.25. The summed E-state index contributed by atoms with van der Waals surface area (Å²) in [4.78, 5) is 2.64. The molecule has 0 spiro atoms. The van der Waals surface area contributed by atoms with Crippen molar-refractivity contribution in [3.63, 3.8) is 0 Å². The van der Waals surface area contributed by atoms with E-state index in [2.05, 4.69) is 11.0 Å². The Balaban J connectivity index is 1.72. The zero-order valence-electron chi connectivity index (χ0n) is 11.3. The highest BCUT2D eigenvalue weighted by molar-refractivity contribution is 6.42. The lowest BCUT2D eigenvalue weighted by Gasteiger charge is -2.50. The maximum absolute atomic E-state index is 10.5. The number of aliphatic hydroxyl groups is 1. The van der Waals surface area contributed by atoms with Crippen LogP contribution in [0.1, 0.15) is 37.2 Å². The van der Waals surface area contributed by atoms with Gasteiger partial charge in [0.1, 0.15) is 0 Å². The fraction of sp³-hybridized carbons (Fsp3) is 0.625. The molecule has 3 fully saturated rings. The lowest BCUT2D eigenvalue weighted by Crippen LogP contribution is -2.56. The van der Waals surface area contributed by atoms with Gasteiger partial charge in [-0.1, -0.05) is 29.3 Å². The summed E-state index contributed by atoms with van der Waals surface area (Å²) >= 11 is 12.2. The van der Waals surface area contributed by atoms with E-state index in [1.54, 1.807) is 0 Å². The second kappa shape index (κ2) is 4.88. The molecule has 108 valence electrons. The number of nitrogens with zero attached hydrogens (tertiary/aromatic N) is 1. The summed E-state index contributed by atoms with van der Waals surface area (Å²) in [7, 11) is 0. The molecule has 4 bridgehead atoms. The number of rotatable bonds is 1. The Morgan fingerprint density at radius 1 is 1.10 bits per heavy atom. The van der Waals surface area contributed by atoms with E-state index in [9.17, 15) is 5.11 Å². The standard InChI is InChI=1S/C16H19Cl2NO/c17-12-3-1-9(7-13(12)18)11-8-10-2-4-14-16(11)15(20)5-6-19(10)14/h1,3,7,10-11,14-16,20H,2,4-6,8H2/t10-,11+,14+,15?,16+/m0/s1. The average molecular weight is 312 g/mol. The molecule has 6 atom stereocenters. The first-order chi connectivity index (χ1) is 9.65. The SMILES string of the molecule is OC1CCN2[C@H]3CC[C@@H]2[C@H]1[C@@H](c1ccc(Cl)c(Cl)c1)C3. The van der Waals surface area contributed by atoms with Gasteiger partial charge in [-0.2, -0.15) is 0 Å². The highest BCUT2D eigenvalue weighted by Gasteiger charge is 2.52. The van der Waals surface area contributed by atoms with Crippen LogP contribution in [0, 0.1) is 5.92 Å². The zero-order chi connectivity index (χ0) is 13.9. The number of hydrogen-bond acceptors (Lipinski definition) is 2. The minimum absolute atomic E-state index is 0.172. The van der Waals surface area contributed by atoms with Crippen molar-refractivity contribution < 1.29 is 5.11 Å². The van der Waals surface area contributed by atoms with Crippen molar-refractivity contribution in [1.82, 2.24) is 4.90 Å². The van der Waals surface area contributed by atoms with E-state index < -0.39 is 0 Å². The Hall–Kier alpha value is -0.280. The van der Waals surface area contributed by atoms with Crippen molar-refractivity contribution in [3.8, 4) is 0 Å². The van der Waals surface area contributed by atoms with Crippen molar-refractivity contribution in [2.24, 2.45) is 5.92 Å². The average Bonchev–Trinajstić information content (AvgIpc) is 2.71. The van der Waals surface area contributed by atoms with Gasteiger partial charge in [-0.25, -0.2) is 0 Å². The molecule has 2 nitrogen and oxygen atoms in total. The minimum atomic E-state index is -0.172. The molecule has 3 heterocycles. The van der Waals surface area contributed by atoms with Crippen molar-refractivity contribution in [2.45, 2.75) is 49.8 Å². The monoisotopic (exact) mass is 311 g/mol. The smallest absolute Gasteiger partial charge is 0.0601 e. The van der Waals surface area contributed by atoms with E-state index >= 15 is 0 Å². The third-order valence-corrected chi connectivity index (χ3v) is 6.36. The van der Waals surface area contributed by atoms with Crippen LogP contribution < -0.4 is 0 Å². The number of halogens is 2. The van der Waals surface area contributed by atoms with Crippen LogP contribution in [0.15, 0.2) is 18.2 Å². The number of piperidine rings is 2. The fourth-order valence-corrected chi connectivity index (χ4v) is 5.11. The predicted molar refractivity (Wildman–Crippen MR) is 81.4 cm³/mol. The number of aliphatic hydroxyl groups excluding tert-OH is 1. The van der Waals surface area contributed by atoms with Gasteiger partial charge in [-0.05, 0) is 49.3 Å². The molecular weight excluding hydrogens is 293 g/mol. The second-order valence-electron chi connectivity index (χ2n) is 6.49. The molecule has 2 unspecified atom stereocenters. The molecule has 3 aliphatic rings. The van der Waals surface area contributed by atoms with Gasteiger partial charge in [0, 0.05) is 24.5 Å². The van der Waals surface area contributed by atoms with Gasteiger partial charge in [0.2, 0.25) is 0 Å². The molecule has 20 heavy (non-hydrogen) atoms. The van der Waals surface area contributed by atoms with Crippen molar-refractivity contribution in [1.29, 1.82) is 0 Å². The summed E-state index contributed by atoms with van der Waals surface area (Å²) in [5.74, 6) is 0.786. The van der Waals surface area contributed by atoms with Crippen molar-refractivity contribution in [2.75, 3.05) is 6.54 Å². The normalized spacial score (nSPS) is 42.8. The Kier molecular flexibility index (Phi) is 3.26. The molecule has 1 aromatic rings. The van der Waals surface area contributed by atoms with Crippen LogP contribution in [0.2, 0.25) is 10.0 Å². The summed E-state index contributed by atoms with van der Waals surface area (Å²) in [5.41, 5.74) is 1.25. The predicted octanol–water partition coefficient (Wildman–Crippen LogP) is 3.69. The van der Waals surface area contributed by atoms with E-state index in [4.69, 9.17) is 23.2 Å². The first kappa shape index (κ1) is 13.4. The van der Waals surface area contributed by atoms with E-state index in [1.165, 1.54) is 18.4 Å². The van der Waals surface area contributed by atoms with Crippen LogP contribution >= 0.6 is 23.2 Å². The second-order valence-corrected chi connectivity index (χ2v) is 7.30. The lowest BCUT2D eigenvalue weighted by atomic mass is 9.70. The Bertz CT molecular complexity index is 535. The molecule has 1 aromatic carbocycles. The van der Waals surface area contributed by atoms with Gasteiger partial charge >= 0.3 is 0 Å². The molecule has 0 aliphatic carbocycles. The zero-order valence-corrected chi connectivity index (χ0v) is 12.8. The third-order valence-electron chi connectivity index (χ3n) is 5.62. The van der Waals surface area contributed by atoms with Gasteiger partial charge in [0.05, 0.1) is 16.1 Å². The minimum Gasteiger partial charge on any atom is -0.393 e. The quantitative estimate of drug-likeness (QED) is 0.855. The molecular formula is C16H19Cl2NO. The number of hydrogen-bond donors (Lipinski definition) is 1. The Morgan fingerprint density at radius 2 is 1.95 bits per heavy atom. The molecule has 1 N–H and O–H groups in total. The fourth-order valence-electron chi connectivity index (χ4n) is 4.80. The highest BCUT2D eigenvalue weighted by Crippen LogP contribution is 2.51. The van der Waals surface area contributed by atoms with Crippen LogP contribution in [0.4, 0.5) is 0 Å². The van der Waals surface area contributed by atoms with Crippen LogP contribution in [-0.4, -0.2) is 34.7 Å². The largest absolute Gasteiger partial charge is 0.393 e. The summed E-state index contributed by atoms with van der Waals surface area (Å²) in [6.45, 7) is 1.07. The highest BCUT2D eigenvalue weighted by atomic mass is 35.5. The molecule has 0 aromatic heterocycles. The van der Waals surface area contributed by atoms with Gasteiger partial charge in [0.15, 0.2) is 0 Å². The molecule has 0 radical (unpaired) electrons. The van der Waals surface area contributed by atoms with Crippen LogP contribution in [0.3, 0.4) is 0 Å². The molecule has 3 saturated heterocycles. The van der Waals surface area contributed by atoms with E-state index in [-0.39, 0.29) is 6.10 Å². The van der Waals surface area contributed by atoms with Gasteiger partial charge < -0.3 is 5.11 Å². The molecule has 3 aliphatic heterocycles. The first-order valence-electron chi connectivity index (χ1n) is 7.54. The maximum Gasteiger partial charge on any atom is 0.0601 e. The lowest BCUT2D eigenvalue weighted by molar-refractivity contribution is -0.0542. The van der Waals surface area contributed by atoms with Crippen molar-refractivity contribution in [3.05, 3.63) is 33.8 Å². The maximum atomic E-state index is 10.5. The van der Waals surface area contributed by atoms with Gasteiger partial charge in [-0.15, -0.1) is 0 Å². The molecule has 0 amide bonds. The van der Waals surface area contributed by atoms with E-state index in [0.29, 0.717) is 34.0 Å². The molecule has 4 rings (SSSR count). The van der Waals surface area contributed by atoms with Gasteiger partial charge in [-0.3, -0.25) is 4.90 Å². The number of benzene rings is 1. The Morgan fingerprint density at radius 3 is 2.75 bits per heavy atom. The summed E-state index contributed by atoms with van der Waals surface area (Å²) in [5, 5.41) is 11.8. The van der Waals surface area contributed by atoms with E-state index in [1.807, 2.05) is 12.1 Å².